The number of ether oxygens (including phenoxy) is 1. The molecule has 0 radical (unpaired) electrons. The van der Waals surface area contributed by atoms with Gasteiger partial charge in [-0.2, -0.15) is 4.98 Å². The lowest BCUT2D eigenvalue weighted by Gasteiger charge is -2.16. The molecule has 140 valence electrons. The number of nitrogens with zero attached hydrogens (tertiary/aromatic N) is 6. The zero-order chi connectivity index (χ0) is 19.1. The van der Waals surface area contributed by atoms with E-state index in [1.54, 1.807) is 0 Å². The number of imidazole rings is 1. The van der Waals surface area contributed by atoms with Crippen LogP contribution < -0.4 is 11.3 Å². The van der Waals surface area contributed by atoms with Gasteiger partial charge in [0.1, 0.15) is 6.10 Å². The number of azide groups is 1. The second-order valence-corrected chi connectivity index (χ2v) is 6.55. The molecular weight excluding hydrogens is 375 g/mol. The number of hydrogen-bond donors (Lipinski definition) is 5. The lowest BCUT2D eigenvalue weighted by Crippen LogP contribution is -2.32. The second kappa shape index (κ2) is 6.66. The first kappa shape index (κ1) is 18.3. The quantitative estimate of drug-likeness (QED) is 0.176. The van der Waals surface area contributed by atoms with Crippen LogP contribution in [0, 0.1) is 0 Å². The predicted molar refractivity (Wildman–Crippen MR) is 83.4 cm³/mol. The molecule has 0 spiro atoms. The summed E-state index contributed by atoms with van der Waals surface area (Å²) in [5.41, 5.74) is 13.5. The number of fused-ring (bicyclic) bond motifs is 1. The summed E-state index contributed by atoms with van der Waals surface area (Å²) >= 11 is 0. The largest absolute Gasteiger partial charge is 0.469 e. The molecule has 1 saturated heterocycles. The number of nitrogens with one attached hydrogen (secondary N) is 1. The number of aliphatic hydroxyl groups excluding tert-OH is 1. The normalized spacial score (nSPS) is 26.1. The molecule has 26 heavy (non-hydrogen) atoms. The van der Waals surface area contributed by atoms with Gasteiger partial charge < -0.3 is 25.4 Å². The van der Waals surface area contributed by atoms with E-state index < -0.39 is 44.5 Å². The number of aromatic amines is 1. The third-order valence-electron chi connectivity index (χ3n) is 3.65. The Balaban J connectivity index is 1.97. The lowest BCUT2D eigenvalue weighted by atomic mass is 10.1. The van der Waals surface area contributed by atoms with Gasteiger partial charge in [-0.1, -0.05) is 5.11 Å². The topological polar surface area (TPSA) is 235 Å². The van der Waals surface area contributed by atoms with Gasteiger partial charge in [0.2, 0.25) is 5.95 Å². The average Bonchev–Trinajstić information content (AvgIpc) is 3.08. The molecule has 16 heteroatoms. The van der Waals surface area contributed by atoms with Gasteiger partial charge >= 0.3 is 7.82 Å². The van der Waals surface area contributed by atoms with Crippen LogP contribution in [0.25, 0.3) is 21.6 Å². The van der Waals surface area contributed by atoms with Crippen molar-refractivity contribution >= 4 is 24.9 Å². The van der Waals surface area contributed by atoms with Crippen molar-refractivity contribution in [1.29, 1.82) is 0 Å². The molecule has 1 fully saturated rings. The Labute approximate surface area is 143 Å². The maximum absolute atomic E-state index is 11.8. The van der Waals surface area contributed by atoms with Crippen molar-refractivity contribution in [3.05, 3.63) is 27.1 Å². The van der Waals surface area contributed by atoms with Gasteiger partial charge in [0.05, 0.1) is 25.1 Å². The van der Waals surface area contributed by atoms with E-state index in [1.807, 2.05) is 0 Å². The molecule has 1 aliphatic rings. The van der Waals surface area contributed by atoms with Crippen LogP contribution in [0.3, 0.4) is 0 Å². The molecule has 0 aromatic carbocycles. The number of rotatable bonds is 5. The third-order valence-corrected chi connectivity index (χ3v) is 4.14. The fourth-order valence-corrected chi connectivity index (χ4v) is 2.94. The highest BCUT2D eigenvalue weighted by atomic mass is 31.2. The molecule has 4 atom stereocenters. The van der Waals surface area contributed by atoms with E-state index in [1.165, 1.54) is 10.9 Å². The smallest absolute Gasteiger partial charge is 0.388 e. The van der Waals surface area contributed by atoms with Gasteiger partial charge in [-0.25, -0.2) is 9.55 Å². The van der Waals surface area contributed by atoms with Crippen LogP contribution in [0.5, 0.6) is 0 Å². The lowest BCUT2D eigenvalue weighted by molar-refractivity contribution is -0.0483. The first-order valence-electron chi connectivity index (χ1n) is 7.01. The molecular formula is C10H13N8O7P. The van der Waals surface area contributed by atoms with Gasteiger partial charge in [-0.05, 0) is 5.53 Å². The summed E-state index contributed by atoms with van der Waals surface area (Å²) in [5, 5.41) is 13.8. The van der Waals surface area contributed by atoms with Gasteiger partial charge in [-0.3, -0.25) is 18.9 Å². The minimum absolute atomic E-state index is 0.00606. The summed E-state index contributed by atoms with van der Waals surface area (Å²) in [6.07, 6.45) is -2.65. The summed E-state index contributed by atoms with van der Waals surface area (Å²) in [4.78, 5) is 42.1. The highest BCUT2D eigenvalue weighted by Gasteiger charge is 2.45. The number of nitrogens with two attached hydrogens (primary N) is 1. The summed E-state index contributed by atoms with van der Waals surface area (Å²) < 4.78 is 21.9. The van der Waals surface area contributed by atoms with Crippen LogP contribution in [0.2, 0.25) is 0 Å². The number of phosphoric acid groups is 1. The van der Waals surface area contributed by atoms with Crippen molar-refractivity contribution < 1.29 is 28.7 Å². The summed E-state index contributed by atoms with van der Waals surface area (Å²) in [6, 6.07) is -1.21. The van der Waals surface area contributed by atoms with E-state index in [0.717, 1.165) is 0 Å². The Morgan fingerprint density at radius 2 is 2.31 bits per heavy atom. The van der Waals surface area contributed by atoms with E-state index in [4.69, 9.17) is 25.8 Å². The van der Waals surface area contributed by atoms with Crippen LogP contribution in [0.15, 0.2) is 16.2 Å². The van der Waals surface area contributed by atoms with Crippen LogP contribution in [0.4, 0.5) is 5.95 Å². The highest BCUT2D eigenvalue weighted by molar-refractivity contribution is 7.46. The molecule has 2 aromatic heterocycles. The van der Waals surface area contributed by atoms with E-state index >= 15 is 0 Å². The van der Waals surface area contributed by atoms with Gasteiger partial charge in [-0.15, -0.1) is 0 Å². The number of aromatic nitrogens is 4. The Morgan fingerprint density at radius 1 is 1.58 bits per heavy atom. The molecule has 3 rings (SSSR count). The third kappa shape index (κ3) is 3.40. The van der Waals surface area contributed by atoms with Crippen LogP contribution >= 0.6 is 7.82 Å². The molecule has 3 heterocycles. The fraction of sp³-hybridized carbons (Fsp3) is 0.500. The molecule has 1 aliphatic heterocycles. The number of nitrogen functional groups attached to an aromatic ring is 1. The molecule has 0 saturated carbocycles. The molecule has 0 unspecified atom stereocenters. The minimum Gasteiger partial charge on any atom is -0.388 e. The first-order chi connectivity index (χ1) is 12.2. The molecule has 0 aliphatic carbocycles. The Bertz CT molecular complexity index is 977. The fourth-order valence-electron chi connectivity index (χ4n) is 2.60. The van der Waals surface area contributed by atoms with E-state index in [2.05, 4.69) is 29.5 Å². The van der Waals surface area contributed by atoms with Gasteiger partial charge in [0, 0.05) is 4.91 Å². The number of hydrogen-bond acceptors (Lipinski definition) is 9. The molecule has 0 amide bonds. The number of aliphatic hydroxyl groups is 1. The molecule has 0 bridgehead atoms. The van der Waals surface area contributed by atoms with Crippen molar-refractivity contribution in [1.82, 2.24) is 19.5 Å². The molecule has 2 aromatic rings. The van der Waals surface area contributed by atoms with Gasteiger partial charge in [0.15, 0.2) is 17.4 Å². The highest BCUT2D eigenvalue weighted by Crippen LogP contribution is 2.39. The second-order valence-electron chi connectivity index (χ2n) is 5.31. The molecule has 6 N–H and O–H groups in total. The zero-order valence-electron chi connectivity index (χ0n) is 12.8. The molecule has 15 nitrogen and oxygen atoms in total. The van der Waals surface area contributed by atoms with Crippen LogP contribution in [-0.2, 0) is 13.8 Å². The Morgan fingerprint density at radius 3 is 2.96 bits per heavy atom. The van der Waals surface area contributed by atoms with Gasteiger partial charge in [0.25, 0.3) is 5.56 Å². The van der Waals surface area contributed by atoms with Crippen molar-refractivity contribution in [2.24, 2.45) is 5.11 Å². The predicted octanol–water partition coefficient (Wildman–Crippen LogP) is -1.25. The summed E-state index contributed by atoms with van der Waals surface area (Å²) in [7, 11) is -4.81. The monoisotopic (exact) mass is 388 g/mol. The first-order valence-corrected chi connectivity index (χ1v) is 8.54. The van der Waals surface area contributed by atoms with Crippen molar-refractivity contribution in [3.63, 3.8) is 0 Å². The SMILES string of the molecule is [N-]=[N+]=N[C@H]1[C@@H](O)[C@H](n2cnc3c(=O)[nH]c(N)nc32)O[C@@H]1COP(=O)(O)O. The number of anilines is 1. The standard InChI is InChI=1S/C10H13N8O7P/c11-10-14-7-5(8(20)15-10)13-2-18(7)9-6(19)4(16-17-12)3(25-9)1-24-26(21,22)23/h2-4,6,9,19H,1H2,(H2,21,22,23)(H3,11,14,15,20)/t3-,4-,6-,9-/m1/s1. The Kier molecular flexibility index (Phi) is 4.68. The maximum Gasteiger partial charge on any atom is 0.469 e. The minimum atomic E-state index is -4.81. The average molecular weight is 388 g/mol. The van der Waals surface area contributed by atoms with E-state index in [-0.39, 0.29) is 17.1 Å². The summed E-state index contributed by atoms with van der Waals surface area (Å²) in [6.45, 7) is -0.649. The van der Waals surface area contributed by atoms with Crippen molar-refractivity contribution in [3.8, 4) is 0 Å². The van der Waals surface area contributed by atoms with E-state index in [0.29, 0.717) is 0 Å². The number of H-pyrrole nitrogens is 1. The van der Waals surface area contributed by atoms with Crippen LogP contribution in [-0.4, -0.2) is 59.3 Å². The number of phosphoric ester groups is 1. The zero-order valence-corrected chi connectivity index (χ0v) is 13.7. The Hall–Kier alpha value is -2.51. The van der Waals surface area contributed by atoms with Crippen LogP contribution in [0.1, 0.15) is 6.23 Å². The maximum atomic E-state index is 11.8. The van der Waals surface area contributed by atoms with Crippen molar-refractivity contribution in [2.45, 2.75) is 24.5 Å². The van der Waals surface area contributed by atoms with E-state index in [9.17, 15) is 14.5 Å². The van der Waals surface area contributed by atoms with Crippen molar-refractivity contribution in [2.75, 3.05) is 12.3 Å². The summed E-state index contributed by atoms with van der Waals surface area (Å²) in [5.74, 6) is -0.190.